The zero-order valence-electron chi connectivity index (χ0n) is 15.0. The number of halogens is 3. The van der Waals surface area contributed by atoms with Gasteiger partial charge in [-0.25, -0.2) is 23.1 Å². The Hall–Kier alpha value is -2.52. The number of carbonyl (C=O) groups excluding carboxylic acids is 1. The van der Waals surface area contributed by atoms with Gasteiger partial charge in [-0.1, -0.05) is 12.1 Å². The van der Waals surface area contributed by atoms with E-state index in [1.54, 1.807) is 12.1 Å². The number of Topliss-reactive ketones (excluding diaryl/α,β-unsaturated/α-hetero) is 1. The Bertz CT molecular complexity index is 862. The molecule has 0 spiro atoms. The van der Waals surface area contributed by atoms with Crippen molar-refractivity contribution in [3.63, 3.8) is 0 Å². The van der Waals surface area contributed by atoms with Crippen LogP contribution in [0, 0.1) is 5.82 Å². The van der Waals surface area contributed by atoms with Crippen molar-refractivity contribution in [2.24, 2.45) is 0 Å². The number of ketones is 1. The van der Waals surface area contributed by atoms with E-state index >= 15 is 0 Å². The highest BCUT2D eigenvalue weighted by atomic mass is 19.3. The van der Waals surface area contributed by atoms with Crippen molar-refractivity contribution in [1.29, 1.82) is 0 Å². The van der Waals surface area contributed by atoms with E-state index in [1.165, 1.54) is 23.4 Å². The predicted molar refractivity (Wildman–Crippen MR) is 95.2 cm³/mol. The predicted octanol–water partition coefficient (Wildman–Crippen LogP) is 2.16. The van der Waals surface area contributed by atoms with Gasteiger partial charge in [0.05, 0.1) is 38.2 Å². The van der Waals surface area contributed by atoms with Gasteiger partial charge < -0.3 is 15.0 Å². The van der Waals surface area contributed by atoms with Gasteiger partial charge in [0.2, 0.25) is 0 Å². The number of morpholine rings is 1. The molecule has 2 aliphatic rings. The Balaban J connectivity index is 1.40. The minimum atomic E-state index is -2.70. The largest absolute Gasteiger partial charge is 0.371 e. The molecule has 1 aromatic carbocycles. The van der Waals surface area contributed by atoms with Crippen LogP contribution >= 0.6 is 0 Å². The van der Waals surface area contributed by atoms with E-state index in [1.807, 2.05) is 0 Å². The summed E-state index contributed by atoms with van der Waals surface area (Å²) >= 11 is 0. The summed E-state index contributed by atoms with van der Waals surface area (Å²) in [5.41, 5.74) is 1.09. The summed E-state index contributed by atoms with van der Waals surface area (Å²) in [4.78, 5) is 21.8. The van der Waals surface area contributed by atoms with Gasteiger partial charge in [-0.05, 0) is 11.6 Å². The third kappa shape index (κ3) is 4.00. The summed E-state index contributed by atoms with van der Waals surface area (Å²) in [6, 6.07) is 4.65. The molecule has 2 fully saturated rings. The summed E-state index contributed by atoms with van der Waals surface area (Å²) < 4.78 is 45.8. The minimum Gasteiger partial charge on any atom is -0.371 e. The van der Waals surface area contributed by atoms with Gasteiger partial charge in [0.1, 0.15) is 17.3 Å². The smallest absolute Gasteiger partial charge is 0.282 e. The average Bonchev–Trinajstić information content (AvgIpc) is 2.67. The lowest BCUT2D eigenvalue weighted by atomic mass is 10.0. The van der Waals surface area contributed by atoms with E-state index < -0.39 is 24.8 Å². The zero-order valence-corrected chi connectivity index (χ0v) is 15.0. The van der Waals surface area contributed by atoms with Crippen molar-refractivity contribution in [3.8, 4) is 0 Å². The molecule has 2 aromatic rings. The van der Waals surface area contributed by atoms with Crippen LogP contribution in [0.15, 0.2) is 30.6 Å². The number of nitrogens with one attached hydrogen (secondary N) is 1. The number of aromatic nitrogens is 2. The van der Waals surface area contributed by atoms with Crippen LogP contribution in [0.4, 0.5) is 19.0 Å². The van der Waals surface area contributed by atoms with E-state index in [4.69, 9.17) is 4.74 Å². The number of benzene rings is 1. The molecule has 1 atom stereocenters. The van der Waals surface area contributed by atoms with Crippen molar-refractivity contribution in [1.82, 2.24) is 15.3 Å². The maximum absolute atomic E-state index is 14.4. The van der Waals surface area contributed by atoms with E-state index in [9.17, 15) is 18.0 Å². The number of carbonyl (C=O) groups is 1. The number of rotatable bonds is 5. The third-order valence-electron chi connectivity index (χ3n) is 4.80. The number of anilines is 1. The van der Waals surface area contributed by atoms with Gasteiger partial charge in [0.15, 0.2) is 5.78 Å². The number of hydrogen-bond acceptors (Lipinski definition) is 6. The van der Waals surface area contributed by atoms with Gasteiger partial charge in [0, 0.05) is 25.1 Å². The summed E-state index contributed by atoms with van der Waals surface area (Å²) in [6.07, 6.45) is 2.20. The molecule has 9 heteroatoms. The first-order valence-corrected chi connectivity index (χ1v) is 9.00. The van der Waals surface area contributed by atoms with E-state index in [0.717, 1.165) is 6.54 Å². The molecule has 0 radical (unpaired) electrons. The number of nitrogens with zero attached hydrogens (tertiary/aromatic N) is 3. The molecule has 1 N–H and O–H groups in total. The lowest BCUT2D eigenvalue weighted by molar-refractivity contribution is -0.0267. The molecule has 2 aliphatic heterocycles. The monoisotopic (exact) mass is 392 g/mol. The SMILES string of the molecule is O=C(Cc1ccc([C@H]2CNCCO2)c(F)c1)c1cnc(N2CC(F)(F)C2)cn1. The Morgan fingerprint density at radius 3 is 2.71 bits per heavy atom. The van der Waals surface area contributed by atoms with Crippen LogP contribution in [0.1, 0.15) is 27.7 Å². The summed E-state index contributed by atoms with van der Waals surface area (Å²) in [6.45, 7) is 1.00. The standard InChI is InChI=1S/C19H19F3N4O2/c20-14-5-12(1-2-13(14)17-8-23-3-4-28-17)6-16(27)15-7-25-18(9-24-15)26-10-19(21,22)11-26/h1-2,5,7,9,17,23H,3-4,6,8,10-11H2/t17-/m1/s1. The molecule has 1 aromatic heterocycles. The van der Waals surface area contributed by atoms with Crippen LogP contribution < -0.4 is 10.2 Å². The quantitative estimate of drug-likeness (QED) is 0.787. The molecule has 0 amide bonds. The van der Waals surface area contributed by atoms with Crippen LogP contribution in [-0.2, 0) is 11.2 Å². The van der Waals surface area contributed by atoms with E-state index in [2.05, 4.69) is 15.3 Å². The Morgan fingerprint density at radius 2 is 2.11 bits per heavy atom. The molecular formula is C19H19F3N4O2. The van der Waals surface area contributed by atoms with E-state index in [0.29, 0.717) is 30.1 Å². The number of hydrogen-bond donors (Lipinski definition) is 1. The van der Waals surface area contributed by atoms with Gasteiger partial charge >= 0.3 is 0 Å². The van der Waals surface area contributed by atoms with Gasteiger partial charge in [0.25, 0.3) is 5.92 Å². The van der Waals surface area contributed by atoms with Crippen LogP contribution in [0.5, 0.6) is 0 Å². The molecular weight excluding hydrogens is 373 g/mol. The fourth-order valence-electron chi connectivity index (χ4n) is 3.29. The molecule has 2 saturated heterocycles. The second-order valence-electron chi connectivity index (χ2n) is 6.99. The number of alkyl halides is 2. The fourth-order valence-corrected chi connectivity index (χ4v) is 3.29. The molecule has 0 bridgehead atoms. The second-order valence-corrected chi connectivity index (χ2v) is 6.99. The molecule has 28 heavy (non-hydrogen) atoms. The van der Waals surface area contributed by atoms with Crippen LogP contribution in [0.2, 0.25) is 0 Å². The summed E-state index contributed by atoms with van der Waals surface area (Å²) in [7, 11) is 0. The Kier molecular flexibility index (Phi) is 5.03. The first kappa shape index (κ1) is 18.8. The van der Waals surface area contributed by atoms with Gasteiger partial charge in [-0.15, -0.1) is 0 Å². The second kappa shape index (κ2) is 7.48. The van der Waals surface area contributed by atoms with Crippen molar-refractivity contribution in [2.75, 3.05) is 37.7 Å². The maximum Gasteiger partial charge on any atom is 0.282 e. The van der Waals surface area contributed by atoms with Gasteiger partial charge in [-0.3, -0.25) is 4.79 Å². The molecule has 0 saturated carbocycles. The van der Waals surface area contributed by atoms with Gasteiger partial charge in [-0.2, -0.15) is 0 Å². The highest BCUT2D eigenvalue weighted by molar-refractivity contribution is 5.95. The van der Waals surface area contributed by atoms with Crippen molar-refractivity contribution < 1.29 is 22.7 Å². The lowest BCUT2D eigenvalue weighted by Gasteiger charge is -2.39. The van der Waals surface area contributed by atoms with E-state index in [-0.39, 0.29) is 24.0 Å². The minimum absolute atomic E-state index is 0.0310. The molecule has 148 valence electrons. The highest BCUT2D eigenvalue weighted by Gasteiger charge is 2.44. The lowest BCUT2D eigenvalue weighted by Crippen LogP contribution is -2.56. The summed E-state index contributed by atoms with van der Waals surface area (Å²) in [5, 5.41) is 3.15. The maximum atomic E-state index is 14.4. The van der Waals surface area contributed by atoms with Crippen molar-refractivity contribution in [3.05, 3.63) is 53.2 Å². The zero-order chi connectivity index (χ0) is 19.7. The molecule has 6 nitrogen and oxygen atoms in total. The normalized spacial score (nSPS) is 21.2. The molecule has 0 unspecified atom stereocenters. The topological polar surface area (TPSA) is 67.3 Å². The van der Waals surface area contributed by atoms with Crippen LogP contribution in [0.3, 0.4) is 0 Å². The fraction of sp³-hybridized carbons (Fsp3) is 0.421. The Labute approximate surface area is 159 Å². The highest BCUT2D eigenvalue weighted by Crippen LogP contribution is 2.30. The molecule has 4 rings (SSSR count). The molecule has 3 heterocycles. The average molecular weight is 392 g/mol. The summed E-state index contributed by atoms with van der Waals surface area (Å²) in [5.74, 6) is -3.14. The van der Waals surface area contributed by atoms with Crippen molar-refractivity contribution >= 4 is 11.6 Å². The van der Waals surface area contributed by atoms with Crippen LogP contribution in [0.25, 0.3) is 0 Å². The van der Waals surface area contributed by atoms with Crippen LogP contribution in [-0.4, -0.2) is 54.5 Å². The first-order chi connectivity index (χ1) is 13.4. The third-order valence-corrected chi connectivity index (χ3v) is 4.80. The van der Waals surface area contributed by atoms with Crippen molar-refractivity contribution in [2.45, 2.75) is 18.4 Å². The molecule has 0 aliphatic carbocycles. The Morgan fingerprint density at radius 1 is 1.29 bits per heavy atom. The first-order valence-electron chi connectivity index (χ1n) is 9.00. The number of ether oxygens (including phenoxy) is 1.